The quantitative estimate of drug-likeness (QED) is 0.220. The van der Waals surface area contributed by atoms with Gasteiger partial charge in [0.25, 0.3) is 0 Å². The molecule has 6 heterocycles. The number of aliphatic hydroxyl groups excluding tert-OH is 1. The monoisotopic (exact) mass is 502 g/mol. The highest BCUT2D eigenvalue weighted by atomic mass is 16.3. The van der Waals surface area contributed by atoms with E-state index in [0.717, 1.165) is 68.7 Å². The van der Waals surface area contributed by atoms with Crippen LogP contribution in [-0.2, 0) is 0 Å². The van der Waals surface area contributed by atoms with Crippen molar-refractivity contribution < 1.29 is 5.11 Å². The van der Waals surface area contributed by atoms with Gasteiger partial charge in [0, 0.05) is 58.1 Å². The third kappa shape index (κ3) is 4.06. The van der Waals surface area contributed by atoms with Crippen LogP contribution < -0.4 is 5.32 Å². The van der Waals surface area contributed by atoms with Crippen LogP contribution in [-0.4, -0.2) is 46.5 Å². The molecule has 0 saturated heterocycles. The summed E-state index contributed by atoms with van der Waals surface area (Å²) in [5, 5.41) is 23.4. The van der Waals surface area contributed by atoms with Crippen LogP contribution >= 0.6 is 0 Å². The maximum absolute atomic E-state index is 10.6. The molecule has 1 saturated carbocycles. The number of aliphatic hydroxyl groups is 1. The number of pyridine rings is 4. The van der Waals surface area contributed by atoms with E-state index in [1.165, 1.54) is 12.8 Å². The summed E-state index contributed by atoms with van der Waals surface area (Å²) < 4.78 is 0. The maximum Gasteiger partial charge on any atom is 0.155 e. The highest BCUT2D eigenvalue weighted by molar-refractivity contribution is 5.99. The molecule has 1 aliphatic carbocycles. The fourth-order valence-electron chi connectivity index (χ4n) is 5.39. The first-order chi connectivity index (χ1) is 18.7. The van der Waals surface area contributed by atoms with Gasteiger partial charge in [0.1, 0.15) is 11.9 Å². The van der Waals surface area contributed by atoms with Gasteiger partial charge >= 0.3 is 0 Å². The normalized spacial score (nSPS) is 14.9. The van der Waals surface area contributed by atoms with Crippen LogP contribution in [0.2, 0.25) is 0 Å². The molecule has 7 rings (SSSR count). The molecule has 0 bridgehead atoms. The van der Waals surface area contributed by atoms with Crippen molar-refractivity contribution in [3.8, 4) is 33.9 Å². The van der Waals surface area contributed by atoms with E-state index in [4.69, 9.17) is 0 Å². The Kier molecular flexibility index (Phi) is 5.55. The van der Waals surface area contributed by atoms with E-state index in [1.807, 2.05) is 42.7 Å². The minimum absolute atomic E-state index is 0.287. The summed E-state index contributed by atoms with van der Waals surface area (Å²) >= 11 is 0. The topological polar surface area (TPSA) is 128 Å². The lowest BCUT2D eigenvalue weighted by atomic mass is 10.1. The summed E-state index contributed by atoms with van der Waals surface area (Å²) in [4.78, 5) is 21.6. The predicted molar refractivity (Wildman–Crippen MR) is 147 cm³/mol. The Morgan fingerprint density at radius 3 is 2.63 bits per heavy atom. The first-order valence-electron chi connectivity index (χ1n) is 12.9. The molecule has 6 aromatic heterocycles. The van der Waals surface area contributed by atoms with Gasteiger partial charge in [-0.25, -0.2) is 4.98 Å². The number of nitrogens with one attached hydrogen (secondary N) is 3. The Morgan fingerprint density at radius 1 is 0.868 bits per heavy atom. The fraction of sp³-hybridized carbons (Fsp3) is 0.207. The molecule has 1 atom stereocenters. The van der Waals surface area contributed by atoms with Crippen LogP contribution in [0.25, 0.3) is 55.8 Å². The van der Waals surface area contributed by atoms with Crippen LogP contribution in [0.15, 0.2) is 73.4 Å². The average Bonchev–Trinajstić information content (AvgIpc) is 3.73. The van der Waals surface area contributed by atoms with Crippen LogP contribution in [0.3, 0.4) is 0 Å². The summed E-state index contributed by atoms with van der Waals surface area (Å²) in [5.41, 5.74) is 7.55. The Balaban J connectivity index is 1.24. The number of hydrogen-bond acceptors (Lipinski definition) is 7. The van der Waals surface area contributed by atoms with Gasteiger partial charge < -0.3 is 15.4 Å². The first-order valence-corrected chi connectivity index (χ1v) is 12.9. The molecule has 6 aromatic rings. The molecule has 1 fully saturated rings. The van der Waals surface area contributed by atoms with Gasteiger partial charge in [0.05, 0.1) is 29.0 Å². The third-order valence-corrected chi connectivity index (χ3v) is 7.36. The molecule has 4 N–H and O–H groups in total. The molecular formula is C29H26N8O. The molecule has 0 spiro atoms. The zero-order valence-corrected chi connectivity index (χ0v) is 20.6. The molecular weight excluding hydrogens is 476 g/mol. The van der Waals surface area contributed by atoms with Gasteiger partial charge in [-0.05, 0) is 49.2 Å². The summed E-state index contributed by atoms with van der Waals surface area (Å²) in [7, 11) is 0. The minimum Gasteiger partial charge on any atom is -0.374 e. The number of aromatic nitrogens is 7. The van der Waals surface area contributed by atoms with E-state index in [1.54, 1.807) is 18.6 Å². The number of nitrogens with zero attached hydrogens (tertiary/aromatic N) is 5. The number of H-pyrrole nitrogens is 2. The summed E-state index contributed by atoms with van der Waals surface area (Å²) in [5.74, 6) is 0.287. The zero-order valence-electron chi connectivity index (χ0n) is 20.6. The Labute approximate surface area is 218 Å². The molecule has 1 aliphatic rings. The van der Waals surface area contributed by atoms with Crippen molar-refractivity contribution in [1.29, 1.82) is 0 Å². The molecule has 0 amide bonds. The smallest absolute Gasteiger partial charge is 0.155 e. The van der Waals surface area contributed by atoms with Crippen molar-refractivity contribution in [3.05, 3.63) is 73.4 Å². The molecule has 38 heavy (non-hydrogen) atoms. The zero-order chi connectivity index (χ0) is 25.5. The Morgan fingerprint density at radius 2 is 1.76 bits per heavy atom. The van der Waals surface area contributed by atoms with E-state index in [2.05, 4.69) is 52.6 Å². The number of hydrogen-bond donors (Lipinski definition) is 4. The van der Waals surface area contributed by atoms with Gasteiger partial charge in [-0.1, -0.05) is 18.9 Å². The summed E-state index contributed by atoms with van der Waals surface area (Å²) in [6, 6.07) is 13.9. The van der Waals surface area contributed by atoms with E-state index in [0.29, 0.717) is 5.65 Å². The predicted octanol–water partition coefficient (Wildman–Crippen LogP) is 5.55. The lowest BCUT2D eigenvalue weighted by Gasteiger charge is -2.20. The Hall–Kier alpha value is -4.63. The van der Waals surface area contributed by atoms with Crippen LogP contribution in [0.4, 0.5) is 5.69 Å². The lowest BCUT2D eigenvalue weighted by molar-refractivity contribution is 0.137. The van der Waals surface area contributed by atoms with Gasteiger partial charge in [-0.3, -0.25) is 20.1 Å². The number of aromatic amines is 2. The van der Waals surface area contributed by atoms with Gasteiger partial charge in [0.2, 0.25) is 0 Å². The second-order valence-corrected chi connectivity index (χ2v) is 9.81. The van der Waals surface area contributed by atoms with E-state index in [9.17, 15) is 5.11 Å². The molecule has 0 radical (unpaired) electrons. The highest BCUT2D eigenvalue weighted by Crippen LogP contribution is 2.34. The van der Waals surface area contributed by atoms with E-state index in [-0.39, 0.29) is 5.92 Å². The van der Waals surface area contributed by atoms with Crippen molar-refractivity contribution in [2.75, 3.05) is 5.32 Å². The van der Waals surface area contributed by atoms with E-state index < -0.39 is 6.23 Å². The van der Waals surface area contributed by atoms with E-state index >= 15 is 0 Å². The summed E-state index contributed by atoms with van der Waals surface area (Å²) in [6.07, 6.45) is 12.8. The lowest BCUT2D eigenvalue weighted by Crippen LogP contribution is -2.26. The molecule has 0 aliphatic heterocycles. The molecule has 1 unspecified atom stereocenters. The third-order valence-electron chi connectivity index (χ3n) is 7.36. The number of rotatable bonds is 6. The van der Waals surface area contributed by atoms with Crippen molar-refractivity contribution in [2.45, 2.75) is 31.9 Å². The van der Waals surface area contributed by atoms with Crippen LogP contribution in [0.5, 0.6) is 0 Å². The van der Waals surface area contributed by atoms with Crippen LogP contribution in [0.1, 0.15) is 25.7 Å². The standard InChI is InChI=1S/C29H26N8O/c38-29(17-5-1-2-6-17)34-20-11-18(14-30-16-20)19-12-22-27(36-37-28(22)33-15-19)25-13-21-23(35-25)8-10-32-26(21)24-7-3-4-9-31-24/h3-4,7-17,29,34-35,38H,1-2,5-6H2,(H,33,36,37). The minimum atomic E-state index is -0.567. The van der Waals surface area contributed by atoms with Gasteiger partial charge in [-0.2, -0.15) is 5.10 Å². The number of anilines is 1. The van der Waals surface area contributed by atoms with Crippen molar-refractivity contribution in [2.24, 2.45) is 5.92 Å². The SMILES string of the molecule is OC(Nc1cncc(-c2cnc3[nH]nc(-c4cc5c(-c6ccccn6)nccc5[nH]4)c3c2)c1)C1CCCC1. The molecule has 0 aromatic carbocycles. The second-order valence-electron chi connectivity index (χ2n) is 9.81. The van der Waals surface area contributed by atoms with Gasteiger partial charge in [-0.15, -0.1) is 0 Å². The van der Waals surface area contributed by atoms with Gasteiger partial charge in [0.15, 0.2) is 5.65 Å². The average molecular weight is 503 g/mol. The summed E-state index contributed by atoms with van der Waals surface area (Å²) in [6.45, 7) is 0. The second kappa shape index (κ2) is 9.35. The molecule has 9 nitrogen and oxygen atoms in total. The fourth-order valence-corrected chi connectivity index (χ4v) is 5.39. The number of fused-ring (bicyclic) bond motifs is 2. The van der Waals surface area contributed by atoms with Crippen molar-refractivity contribution in [3.63, 3.8) is 0 Å². The largest absolute Gasteiger partial charge is 0.374 e. The maximum atomic E-state index is 10.6. The van der Waals surface area contributed by atoms with Crippen molar-refractivity contribution in [1.82, 2.24) is 35.1 Å². The van der Waals surface area contributed by atoms with Crippen LogP contribution in [0, 0.1) is 5.92 Å². The highest BCUT2D eigenvalue weighted by Gasteiger charge is 2.23. The Bertz CT molecular complexity index is 1740. The molecule has 188 valence electrons. The van der Waals surface area contributed by atoms with Crippen molar-refractivity contribution >= 4 is 27.6 Å². The molecule has 9 heteroatoms. The first kappa shape index (κ1) is 22.6.